The van der Waals surface area contributed by atoms with Crippen LogP contribution in [-0.2, 0) is 17.3 Å². The average Bonchev–Trinajstić information content (AvgIpc) is 3.48. The minimum atomic E-state index is -0.316. The average molecular weight is 692 g/mol. The van der Waals surface area contributed by atoms with Gasteiger partial charge in [-0.1, -0.05) is 190 Å². The van der Waals surface area contributed by atoms with Gasteiger partial charge in [-0.05, 0) is 91.9 Å². The molecule has 0 saturated heterocycles. The normalized spacial score (nSPS) is 14.3. The van der Waals surface area contributed by atoms with E-state index in [2.05, 4.69) is 219 Å². The minimum absolute atomic E-state index is 0.186. The first-order valence-corrected chi connectivity index (χ1v) is 19.1. The molecule has 0 aliphatic heterocycles. The van der Waals surface area contributed by atoms with Crippen LogP contribution in [0.4, 0.5) is 17.1 Å². The first-order valence-electron chi connectivity index (χ1n) is 19.1. The highest BCUT2D eigenvalue weighted by Crippen LogP contribution is 2.56. The van der Waals surface area contributed by atoms with Crippen molar-refractivity contribution in [2.75, 3.05) is 4.90 Å². The van der Waals surface area contributed by atoms with Crippen LogP contribution in [0.3, 0.4) is 0 Å². The molecule has 0 unspecified atom stereocenters. The molecule has 0 spiro atoms. The van der Waals surface area contributed by atoms with Crippen molar-refractivity contribution in [3.63, 3.8) is 0 Å². The van der Waals surface area contributed by atoms with Crippen molar-refractivity contribution in [3.8, 4) is 33.4 Å². The predicted molar refractivity (Wildman–Crippen MR) is 226 cm³/mol. The molecule has 0 atom stereocenters. The van der Waals surface area contributed by atoms with Gasteiger partial charge >= 0.3 is 0 Å². The molecule has 0 radical (unpaired) electrons. The van der Waals surface area contributed by atoms with Gasteiger partial charge in [0.25, 0.3) is 0 Å². The molecular weight excluding hydrogens is 651 g/mol. The molecule has 2 aliphatic carbocycles. The van der Waals surface area contributed by atoms with Crippen molar-refractivity contribution < 1.29 is 0 Å². The molecule has 258 valence electrons. The van der Waals surface area contributed by atoms with Crippen molar-refractivity contribution in [2.24, 2.45) is 0 Å². The maximum Gasteiger partial charge on any atom is 0.0540 e. The lowest BCUT2D eigenvalue weighted by molar-refractivity contribution is 0.606. The summed E-state index contributed by atoms with van der Waals surface area (Å²) in [6.07, 6.45) is 0.872. The number of nitrogens with zero attached hydrogens (tertiary/aromatic N) is 1. The standard InChI is InChI=1S/C53H41N/c1-52(2)47-29-15-12-26-43(47)45-28-18-32-50(51(45)52)54(49-31-17-14-25-42(49)37-19-6-3-7-20-37)41-34-33-38-36-53(39-21-8-4-9-22-39,40-23-10-5-11-24-40)48-30-16-13-27-44(48)46(38)35-41/h3-35H,36H2,1-2H3. The molecule has 8 aromatic carbocycles. The molecule has 54 heavy (non-hydrogen) atoms. The lowest BCUT2D eigenvalue weighted by Crippen LogP contribution is -2.35. The molecular formula is C53H41N. The first kappa shape index (κ1) is 32.2. The monoisotopic (exact) mass is 691 g/mol. The van der Waals surface area contributed by atoms with Crippen LogP contribution in [-0.4, -0.2) is 0 Å². The summed E-state index contributed by atoms with van der Waals surface area (Å²) in [5.74, 6) is 0. The number of hydrogen-bond acceptors (Lipinski definition) is 1. The summed E-state index contributed by atoms with van der Waals surface area (Å²) in [7, 11) is 0. The number of rotatable bonds is 6. The van der Waals surface area contributed by atoms with Crippen LogP contribution in [0.1, 0.15) is 47.2 Å². The molecule has 0 fully saturated rings. The largest absolute Gasteiger partial charge is 0.310 e. The summed E-state index contributed by atoms with van der Waals surface area (Å²) in [4.78, 5) is 2.54. The first-order chi connectivity index (χ1) is 26.6. The molecule has 0 bridgehead atoms. The summed E-state index contributed by atoms with van der Waals surface area (Å²) in [6.45, 7) is 4.77. The fourth-order valence-corrected chi connectivity index (χ4v) is 9.65. The third kappa shape index (κ3) is 4.85. The Hall–Kier alpha value is -6.44. The maximum atomic E-state index is 2.54. The van der Waals surface area contributed by atoms with Gasteiger partial charge in [-0.2, -0.15) is 0 Å². The highest BCUT2D eigenvalue weighted by molar-refractivity contribution is 5.95. The van der Waals surface area contributed by atoms with Crippen LogP contribution in [0.15, 0.2) is 200 Å². The smallest absolute Gasteiger partial charge is 0.0540 e. The molecule has 0 amide bonds. The summed E-state index contributed by atoms with van der Waals surface area (Å²) < 4.78 is 0. The Morgan fingerprint density at radius 1 is 0.407 bits per heavy atom. The highest BCUT2D eigenvalue weighted by Gasteiger charge is 2.43. The molecule has 2 aliphatic rings. The molecule has 8 aromatic rings. The maximum absolute atomic E-state index is 2.54. The highest BCUT2D eigenvalue weighted by atomic mass is 15.1. The van der Waals surface area contributed by atoms with E-state index in [1.54, 1.807) is 0 Å². The van der Waals surface area contributed by atoms with Crippen LogP contribution in [0.2, 0.25) is 0 Å². The Morgan fingerprint density at radius 2 is 0.926 bits per heavy atom. The van der Waals surface area contributed by atoms with E-state index in [1.165, 1.54) is 72.4 Å². The zero-order valence-corrected chi connectivity index (χ0v) is 30.7. The van der Waals surface area contributed by atoms with Crippen LogP contribution in [0.5, 0.6) is 0 Å². The van der Waals surface area contributed by atoms with E-state index in [9.17, 15) is 0 Å². The quantitative estimate of drug-likeness (QED) is 0.168. The second-order valence-corrected chi connectivity index (χ2v) is 15.3. The molecule has 1 nitrogen and oxygen atoms in total. The Balaban J connectivity index is 1.23. The van der Waals surface area contributed by atoms with Gasteiger partial charge in [0.15, 0.2) is 0 Å². The van der Waals surface area contributed by atoms with Crippen molar-refractivity contribution in [1.82, 2.24) is 0 Å². The molecule has 0 N–H and O–H groups in total. The molecule has 0 heterocycles. The third-order valence-electron chi connectivity index (χ3n) is 12.0. The van der Waals surface area contributed by atoms with Crippen molar-refractivity contribution >= 4 is 17.1 Å². The van der Waals surface area contributed by atoms with E-state index >= 15 is 0 Å². The van der Waals surface area contributed by atoms with Gasteiger partial charge in [0.2, 0.25) is 0 Å². The van der Waals surface area contributed by atoms with E-state index < -0.39 is 0 Å². The predicted octanol–water partition coefficient (Wildman–Crippen LogP) is 13.7. The lowest BCUT2D eigenvalue weighted by atomic mass is 9.61. The van der Waals surface area contributed by atoms with Gasteiger partial charge in [0.05, 0.1) is 11.4 Å². The lowest BCUT2D eigenvalue weighted by Gasteiger charge is -2.42. The Kier molecular flexibility index (Phi) is 7.52. The second kappa shape index (κ2) is 12.6. The zero-order valence-electron chi connectivity index (χ0n) is 30.7. The molecule has 0 saturated carbocycles. The fourth-order valence-electron chi connectivity index (χ4n) is 9.65. The zero-order chi connectivity index (χ0) is 36.3. The number of anilines is 3. The number of para-hydroxylation sites is 1. The van der Waals surface area contributed by atoms with Crippen LogP contribution >= 0.6 is 0 Å². The molecule has 1 heteroatoms. The van der Waals surface area contributed by atoms with Crippen molar-refractivity contribution in [2.45, 2.75) is 31.1 Å². The summed E-state index contributed by atoms with van der Waals surface area (Å²) in [5.41, 5.74) is 18.7. The van der Waals surface area contributed by atoms with E-state index in [0.29, 0.717) is 0 Å². The fraction of sp³-hybridized carbons (Fsp3) is 0.0943. The van der Waals surface area contributed by atoms with Crippen molar-refractivity contribution in [1.29, 1.82) is 0 Å². The van der Waals surface area contributed by atoms with E-state index in [4.69, 9.17) is 0 Å². The number of fused-ring (bicyclic) bond motifs is 6. The van der Waals surface area contributed by atoms with E-state index in [0.717, 1.165) is 17.8 Å². The Bertz CT molecular complexity index is 2610. The van der Waals surface area contributed by atoms with Crippen LogP contribution in [0, 0.1) is 0 Å². The minimum Gasteiger partial charge on any atom is -0.310 e. The second-order valence-electron chi connectivity index (χ2n) is 15.3. The SMILES string of the molecule is CC1(C)c2ccccc2-c2cccc(N(c3ccc4c(c3)-c3ccccc3C(c3ccccc3)(c3ccccc3)C4)c3ccccc3-c3ccccc3)c21. The summed E-state index contributed by atoms with van der Waals surface area (Å²) in [6, 6.07) is 74.1. The van der Waals surface area contributed by atoms with Gasteiger partial charge < -0.3 is 4.90 Å². The van der Waals surface area contributed by atoms with Gasteiger partial charge in [-0.3, -0.25) is 0 Å². The molecule has 0 aromatic heterocycles. The number of hydrogen-bond donors (Lipinski definition) is 0. The van der Waals surface area contributed by atoms with E-state index in [-0.39, 0.29) is 10.8 Å². The third-order valence-corrected chi connectivity index (χ3v) is 12.0. The summed E-state index contributed by atoms with van der Waals surface area (Å²) in [5, 5.41) is 0. The van der Waals surface area contributed by atoms with Gasteiger partial charge in [0, 0.05) is 22.1 Å². The van der Waals surface area contributed by atoms with Crippen molar-refractivity contribution in [3.05, 3.63) is 234 Å². The van der Waals surface area contributed by atoms with Crippen LogP contribution < -0.4 is 4.90 Å². The molecule has 10 rings (SSSR count). The van der Waals surface area contributed by atoms with Gasteiger partial charge in [-0.15, -0.1) is 0 Å². The van der Waals surface area contributed by atoms with Gasteiger partial charge in [0.1, 0.15) is 0 Å². The Morgan fingerprint density at radius 3 is 1.61 bits per heavy atom. The van der Waals surface area contributed by atoms with Crippen LogP contribution in [0.25, 0.3) is 33.4 Å². The van der Waals surface area contributed by atoms with Gasteiger partial charge in [-0.25, -0.2) is 0 Å². The Labute approximate surface area is 318 Å². The topological polar surface area (TPSA) is 3.24 Å². The van der Waals surface area contributed by atoms with E-state index in [1.807, 2.05) is 0 Å². The number of benzene rings is 8. The summed E-state index contributed by atoms with van der Waals surface area (Å²) >= 11 is 0.